The molecule has 0 radical (unpaired) electrons. The van der Waals surface area contributed by atoms with Crippen LogP contribution in [0.25, 0.3) is 0 Å². The SMILES string of the molecule is CCN(c1cc(Br)cc(C(=O)O)c1C)C1CCO1. The Morgan fingerprint density at radius 1 is 1.61 bits per heavy atom. The molecule has 0 saturated carbocycles. The fourth-order valence-corrected chi connectivity index (χ4v) is 2.63. The van der Waals surface area contributed by atoms with Crippen molar-refractivity contribution in [3.63, 3.8) is 0 Å². The minimum absolute atomic E-state index is 0.0737. The van der Waals surface area contributed by atoms with Gasteiger partial charge in [0.2, 0.25) is 0 Å². The van der Waals surface area contributed by atoms with Gasteiger partial charge in [-0.1, -0.05) is 15.9 Å². The van der Waals surface area contributed by atoms with Crippen LogP contribution in [0, 0.1) is 6.92 Å². The van der Waals surface area contributed by atoms with Gasteiger partial charge in [0.25, 0.3) is 0 Å². The lowest BCUT2D eigenvalue weighted by Gasteiger charge is -2.39. The van der Waals surface area contributed by atoms with Gasteiger partial charge in [-0.25, -0.2) is 4.79 Å². The molecular formula is C13H16BrNO3. The highest BCUT2D eigenvalue weighted by atomic mass is 79.9. The average Bonchev–Trinajstić information content (AvgIpc) is 2.25. The fourth-order valence-electron chi connectivity index (χ4n) is 2.18. The highest BCUT2D eigenvalue weighted by Gasteiger charge is 2.27. The molecule has 1 atom stereocenters. The standard InChI is InChI=1S/C13H16BrNO3/c1-3-15(12-4-5-18-12)11-7-9(14)6-10(8(11)2)13(16)17/h6-7,12H,3-5H2,1-2H3,(H,16,17). The van der Waals surface area contributed by atoms with E-state index in [1.54, 1.807) is 6.07 Å². The van der Waals surface area contributed by atoms with E-state index in [4.69, 9.17) is 4.74 Å². The number of nitrogens with zero attached hydrogens (tertiary/aromatic N) is 1. The summed E-state index contributed by atoms with van der Waals surface area (Å²) in [5, 5.41) is 9.21. The van der Waals surface area contributed by atoms with Crippen molar-refractivity contribution in [3.05, 3.63) is 27.7 Å². The number of hydrogen-bond donors (Lipinski definition) is 1. The number of halogens is 1. The van der Waals surface area contributed by atoms with Gasteiger partial charge < -0.3 is 14.7 Å². The lowest BCUT2D eigenvalue weighted by molar-refractivity contribution is -0.0507. The summed E-state index contributed by atoms with van der Waals surface area (Å²) in [7, 11) is 0. The summed E-state index contributed by atoms with van der Waals surface area (Å²) in [5.74, 6) is -0.902. The monoisotopic (exact) mass is 313 g/mol. The number of hydrogen-bond acceptors (Lipinski definition) is 3. The summed E-state index contributed by atoms with van der Waals surface area (Å²) in [6.07, 6.45) is 1.06. The van der Waals surface area contributed by atoms with E-state index in [-0.39, 0.29) is 6.23 Å². The molecule has 0 amide bonds. The number of aromatic carboxylic acids is 1. The molecule has 1 unspecified atom stereocenters. The van der Waals surface area contributed by atoms with Crippen LogP contribution in [-0.2, 0) is 4.74 Å². The first-order chi connectivity index (χ1) is 8.54. The number of carbonyl (C=O) groups is 1. The maximum atomic E-state index is 11.2. The molecule has 0 aromatic heterocycles. The highest BCUT2D eigenvalue weighted by Crippen LogP contribution is 2.32. The Morgan fingerprint density at radius 3 is 2.72 bits per heavy atom. The molecule has 0 aliphatic carbocycles. The Morgan fingerprint density at radius 2 is 2.28 bits per heavy atom. The normalized spacial score (nSPS) is 18.3. The summed E-state index contributed by atoms with van der Waals surface area (Å²) in [6.45, 7) is 5.45. The molecule has 1 aliphatic heterocycles. The molecule has 0 bridgehead atoms. The zero-order chi connectivity index (χ0) is 13.3. The van der Waals surface area contributed by atoms with Crippen molar-refractivity contribution in [2.24, 2.45) is 0 Å². The van der Waals surface area contributed by atoms with E-state index >= 15 is 0 Å². The van der Waals surface area contributed by atoms with Crippen LogP contribution < -0.4 is 4.90 Å². The van der Waals surface area contributed by atoms with Gasteiger partial charge in [0.15, 0.2) is 0 Å². The second-order valence-corrected chi connectivity index (χ2v) is 5.22. The quantitative estimate of drug-likeness (QED) is 0.928. The van der Waals surface area contributed by atoms with Crippen LogP contribution >= 0.6 is 15.9 Å². The van der Waals surface area contributed by atoms with Gasteiger partial charge in [-0.15, -0.1) is 0 Å². The molecule has 1 aliphatic rings. The van der Waals surface area contributed by atoms with E-state index in [1.807, 2.05) is 19.9 Å². The predicted molar refractivity (Wildman–Crippen MR) is 73.2 cm³/mol. The first-order valence-electron chi connectivity index (χ1n) is 5.96. The third-order valence-corrected chi connectivity index (χ3v) is 3.71. The van der Waals surface area contributed by atoms with E-state index in [1.165, 1.54) is 0 Å². The molecule has 1 heterocycles. The molecule has 1 aromatic rings. The number of carboxylic acid groups (broad SMARTS) is 1. The number of ether oxygens (including phenoxy) is 1. The minimum atomic E-state index is -0.902. The van der Waals surface area contributed by atoms with Crippen molar-refractivity contribution >= 4 is 27.6 Å². The molecular weight excluding hydrogens is 298 g/mol. The largest absolute Gasteiger partial charge is 0.478 e. The van der Waals surface area contributed by atoms with Crippen LogP contribution in [0.1, 0.15) is 29.3 Å². The topological polar surface area (TPSA) is 49.8 Å². The minimum Gasteiger partial charge on any atom is -0.478 e. The Bertz CT molecular complexity index is 472. The van der Waals surface area contributed by atoms with Crippen molar-refractivity contribution in [1.82, 2.24) is 0 Å². The average molecular weight is 314 g/mol. The predicted octanol–water partition coefficient (Wildman–Crippen LogP) is 3.03. The summed E-state index contributed by atoms with van der Waals surface area (Å²) in [4.78, 5) is 13.3. The van der Waals surface area contributed by atoms with Gasteiger partial charge >= 0.3 is 5.97 Å². The van der Waals surface area contributed by atoms with Crippen molar-refractivity contribution in [2.75, 3.05) is 18.1 Å². The molecule has 1 fully saturated rings. The third kappa shape index (κ3) is 2.37. The second kappa shape index (κ2) is 5.28. The molecule has 1 N–H and O–H groups in total. The number of carboxylic acids is 1. The Balaban J connectivity index is 2.44. The summed E-state index contributed by atoms with van der Waals surface area (Å²) in [6, 6.07) is 3.59. The van der Waals surface area contributed by atoms with Crippen molar-refractivity contribution in [1.29, 1.82) is 0 Å². The van der Waals surface area contributed by atoms with Crippen molar-refractivity contribution in [3.8, 4) is 0 Å². The zero-order valence-electron chi connectivity index (χ0n) is 10.4. The zero-order valence-corrected chi connectivity index (χ0v) is 12.0. The maximum Gasteiger partial charge on any atom is 0.336 e. The van der Waals surface area contributed by atoms with Gasteiger partial charge in [0.05, 0.1) is 12.2 Å². The van der Waals surface area contributed by atoms with Crippen molar-refractivity contribution < 1.29 is 14.6 Å². The van der Waals surface area contributed by atoms with E-state index in [2.05, 4.69) is 20.8 Å². The summed E-state index contributed by atoms with van der Waals surface area (Å²) in [5.41, 5.74) is 2.04. The number of anilines is 1. The highest BCUT2D eigenvalue weighted by molar-refractivity contribution is 9.10. The van der Waals surface area contributed by atoms with E-state index < -0.39 is 5.97 Å². The van der Waals surface area contributed by atoms with E-state index in [9.17, 15) is 9.90 Å². The second-order valence-electron chi connectivity index (χ2n) is 4.30. The molecule has 98 valence electrons. The van der Waals surface area contributed by atoms with Crippen molar-refractivity contribution in [2.45, 2.75) is 26.5 Å². The molecule has 4 nitrogen and oxygen atoms in total. The Hall–Kier alpha value is -1.07. The van der Waals surface area contributed by atoms with Gasteiger partial charge in [-0.05, 0) is 31.5 Å². The van der Waals surface area contributed by atoms with E-state index in [0.29, 0.717) is 5.56 Å². The van der Waals surface area contributed by atoms with Crippen LogP contribution in [0.15, 0.2) is 16.6 Å². The smallest absolute Gasteiger partial charge is 0.336 e. The van der Waals surface area contributed by atoms with Crippen LogP contribution in [0.2, 0.25) is 0 Å². The number of benzene rings is 1. The van der Waals surface area contributed by atoms with Crippen LogP contribution in [0.5, 0.6) is 0 Å². The van der Waals surface area contributed by atoms with Crippen LogP contribution in [0.3, 0.4) is 0 Å². The molecule has 5 heteroatoms. The number of rotatable bonds is 4. The summed E-state index contributed by atoms with van der Waals surface area (Å²) >= 11 is 3.37. The first-order valence-corrected chi connectivity index (χ1v) is 6.75. The first kappa shape index (κ1) is 13.4. The summed E-state index contributed by atoms with van der Waals surface area (Å²) < 4.78 is 6.27. The van der Waals surface area contributed by atoms with Crippen LogP contribution in [0.4, 0.5) is 5.69 Å². The molecule has 1 saturated heterocycles. The Labute approximate surface area is 115 Å². The molecule has 2 rings (SSSR count). The molecule has 18 heavy (non-hydrogen) atoms. The van der Waals surface area contributed by atoms with Gasteiger partial charge in [0.1, 0.15) is 6.23 Å². The lowest BCUT2D eigenvalue weighted by atomic mass is 10.0. The lowest BCUT2D eigenvalue weighted by Crippen LogP contribution is -2.45. The van der Waals surface area contributed by atoms with Gasteiger partial charge in [-0.2, -0.15) is 0 Å². The van der Waals surface area contributed by atoms with E-state index in [0.717, 1.165) is 35.3 Å². The fraction of sp³-hybridized carbons (Fsp3) is 0.462. The van der Waals surface area contributed by atoms with Gasteiger partial charge in [-0.3, -0.25) is 0 Å². The molecule has 1 aromatic carbocycles. The maximum absolute atomic E-state index is 11.2. The van der Waals surface area contributed by atoms with Crippen LogP contribution in [-0.4, -0.2) is 30.5 Å². The third-order valence-electron chi connectivity index (χ3n) is 3.25. The Kier molecular flexibility index (Phi) is 3.92. The van der Waals surface area contributed by atoms with Gasteiger partial charge in [0, 0.05) is 23.1 Å². The molecule has 0 spiro atoms.